The highest BCUT2D eigenvalue weighted by atomic mass is 19.4. The van der Waals surface area contributed by atoms with Crippen LogP contribution >= 0.6 is 0 Å². The van der Waals surface area contributed by atoms with Crippen molar-refractivity contribution in [2.45, 2.75) is 83.2 Å². The lowest BCUT2D eigenvalue weighted by molar-refractivity contribution is -0.207. The molecule has 1 aliphatic heterocycles. The molecule has 4 nitrogen and oxygen atoms in total. The molecule has 8 saturated carbocycles. The number of carbonyl (C=O) groups excluding carboxylic acids is 2. The van der Waals surface area contributed by atoms with E-state index in [0.29, 0.717) is 35.5 Å². The average molecular weight is 479 g/mol. The monoisotopic (exact) mass is 478 g/mol. The lowest BCUT2D eigenvalue weighted by atomic mass is 9.49. The van der Waals surface area contributed by atoms with Gasteiger partial charge in [0.2, 0.25) is 11.8 Å². The van der Waals surface area contributed by atoms with Crippen molar-refractivity contribution < 1.29 is 22.8 Å². The lowest BCUT2D eigenvalue weighted by Crippen LogP contribution is -2.64. The van der Waals surface area contributed by atoms with Crippen molar-refractivity contribution in [3.63, 3.8) is 0 Å². The molecule has 7 heteroatoms. The van der Waals surface area contributed by atoms with Gasteiger partial charge in [-0.15, -0.1) is 0 Å². The molecule has 0 radical (unpaired) electrons. The van der Waals surface area contributed by atoms with Gasteiger partial charge in [-0.2, -0.15) is 13.2 Å². The zero-order valence-corrected chi connectivity index (χ0v) is 20.0. The van der Waals surface area contributed by atoms with Gasteiger partial charge in [0.25, 0.3) is 0 Å². The Labute approximate surface area is 200 Å². The third-order valence-corrected chi connectivity index (χ3v) is 11.2. The number of hydrogen-bond acceptors (Lipinski definition) is 2. The highest BCUT2D eigenvalue weighted by Crippen LogP contribution is 2.62. The highest BCUT2D eigenvalue weighted by molar-refractivity contribution is 5.86. The number of amides is 2. The molecule has 0 aromatic heterocycles. The molecule has 0 unspecified atom stereocenters. The maximum absolute atomic E-state index is 14.1. The summed E-state index contributed by atoms with van der Waals surface area (Å²) in [6, 6.07) is 0. The minimum Gasteiger partial charge on any atom is -0.324 e. The van der Waals surface area contributed by atoms with Gasteiger partial charge in [-0.25, -0.2) is 0 Å². The van der Waals surface area contributed by atoms with Crippen molar-refractivity contribution >= 4 is 11.8 Å². The summed E-state index contributed by atoms with van der Waals surface area (Å²) in [6.07, 6.45) is 7.78. The first-order chi connectivity index (χ1) is 16.1. The lowest BCUT2D eigenvalue weighted by Gasteiger charge is -2.58. The Morgan fingerprint density at radius 1 is 0.588 bits per heavy atom. The van der Waals surface area contributed by atoms with Gasteiger partial charge in [0.15, 0.2) is 0 Å². The molecule has 8 bridgehead atoms. The van der Waals surface area contributed by atoms with E-state index in [4.69, 9.17) is 0 Å². The van der Waals surface area contributed by atoms with Gasteiger partial charge in [0, 0.05) is 13.1 Å². The number of rotatable bonds is 2. The molecule has 2 amide bonds. The first-order valence-corrected chi connectivity index (χ1v) is 13.8. The fraction of sp³-hybridized carbons (Fsp3) is 0.926. The summed E-state index contributed by atoms with van der Waals surface area (Å²) in [5.74, 6) is 1.55. The Morgan fingerprint density at radius 2 is 0.882 bits per heavy atom. The molecular weight excluding hydrogens is 441 g/mol. The average Bonchev–Trinajstić information content (AvgIpc) is 2.75. The van der Waals surface area contributed by atoms with Crippen LogP contribution in [0.1, 0.15) is 77.0 Å². The summed E-state index contributed by atoms with van der Waals surface area (Å²) in [7, 11) is 0. The maximum atomic E-state index is 14.1. The number of alkyl halides is 3. The second kappa shape index (κ2) is 7.15. The Morgan fingerprint density at radius 3 is 1.15 bits per heavy atom. The Kier molecular flexibility index (Phi) is 4.62. The normalized spacial score (nSPS) is 49.1. The van der Waals surface area contributed by atoms with Crippen molar-refractivity contribution in [3.05, 3.63) is 0 Å². The van der Waals surface area contributed by atoms with E-state index < -0.39 is 22.9 Å². The molecule has 0 N–H and O–H groups in total. The summed E-state index contributed by atoms with van der Waals surface area (Å²) in [5, 5.41) is 0. The fourth-order valence-electron chi connectivity index (χ4n) is 10.8. The van der Waals surface area contributed by atoms with Crippen LogP contribution in [0.2, 0.25) is 0 Å². The summed E-state index contributed by atoms with van der Waals surface area (Å²) in [6.45, 7) is -0.503. The standard InChI is InChI=1S/C27H37F3N2O2/c28-27(29,30)22-13-31(23(33)25-7-16-1-17(8-25)3-18(2-16)9-25)15-32(14-22)24(34)26-10-19-4-20(11-26)6-21(5-19)12-26/h16-22H,1-15H2. The molecule has 9 aliphatic rings. The molecule has 1 heterocycles. The van der Waals surface area contributed by atoms with Gasteiger partial charge in [-0.1, -0.05) is 0 Å². The van der Waals surface area contributed by atoms with Gasteiger partial charge >= 0.3 is 6.18 Å². The smallest absolute Gasteiger partial charge is 0.324 e. The van der Waals surface area contributed by atoms with E-state index in [-0.39, 0.29) is 31.6 Å². The molecule has 0 spiro atoms. The third-order valence-electron chi connectivity index (χ3n) is 11.2. The van der Waals surface area contributed by atoms with Crippen LogP contribution in [0.3, 0.4) is 0 Å². The van der Waals surface area contributed by atoms with Crippen molar-refractivity contribution in [2.75, 3.05) is 19.8 Å². The molecule has 9 fully saturated rings. The molecule has 34 heavy (non-hydrogen) atoms. The van der Waals surface area contributed by atoms with E-state index >= 15 is 0 Å². The summed E-state index contributed by atoms with van der Waals surface area (Å²) < 4.78 is 42.2. The van der Waals surface area contributed by atoms with Gasteiger partial charge in [0.1, 0.15) is 0 Å². The SMILES string of the molecule is O=C(N1CC(C(F)(F)F)CN(C(=O)C23CC4CC(CC(C4)C2)C3)C1)C12CC3CC(CC(C3)C1)C2. The van der Waals surface area contributed by atoms with E-state index in [0.717, 1.165) is 38.5 Å². The number of carbonyl (C=O) groups is 2. The van der Waals surface area contributed by atoms with Crippen LogP contribution < -0.4 is 0 Å². The second-order valence-corrected chi connectivity index (χ2v) is 13.8. The minimum atomic E-state index is -4.40. The summed E-state index contributed by atoms with van der Waals surface area (Å²) in [4.78, 5) is 30.9. The van der Waals surface area contributed by atoms with Crippen molar-refractivity contribution in [2.24, 2.45) is 52.3 Å². The van der Waals surface area contributed by atoms with Gasteiger partial charge in [0.05, 0.1) is 23.4 Å². The fourth-order valence-corrected chi connectivity index (χ4v) is 10.8. The van der Waals surface area contributed by atoms with E-state index in [1.807, 2.05) is 0 Å². The molecule has 8 aliphatic carbocycles. The number of hydrogen-bond donors (Lipinski definition) is 0. The van der Waals surface area contributed by atoms with E-state index in [1.165, 1.54) is 48.3 Å². The quantitative estimate of drug-likeness (QED) is 0.546. The van der Waals surface area contributed by atoms with Crippen molar-refractivity contribution in [1.29, 1.82) is 0 Å². The van der Waals surface area contributed by atoms with Gasteiger partial charge in [-0.3, -0.25) is 9.59 Å². The largest absolute Gasteiger partial charge is 0.395 e. The molecule has 0 atom stereocenters. The van der Waals surface area contributed by atoms with Gasteiger partial charge in [-0.05, 0) is 113 Å². The van der Waals surface area contributed by atoms with Crippen LogP contribution in [0, 0.1) is 52.3 Å². The molecule has 9 rings (SSSR count). The number of nitrogens with zero attached hydrogens (tertiary/aromatic N) is 2. The van der Waals surface area contributed by atoms with Crippen molar-refractivity contribution in [1.82, 2.24) is 9.80 Å². The first kappa shape index (κ1) is 22.0. The predicted octanol–water partition coefficient (Wildman–Crippen LogP) is 5.23. The van der Waals surface area contributed by atoms with Crippen LogP contribution in [0.15, 0.2) is 0 Å². The van der Waals surface area contributed by atoms with Crippen LogP contribution in [0.4, 0.5) is 13.2 Å². The maximum Gasteiger partial charge on any atom is 0.395 e. The van der Waals surface area contributed by atoms with Crippen LogP contribution in [0.5, 0.6) is 0 Å². The van der Waals surface area contributed by atoms with Gasteiger partial charge < -0.3 is 9.80 Å². The Hall–Kier alpha value is -1.27. The third kappa shape index (κ3) is 3.30. The highest BCUT2D eigenvalue weighted by Gasteiger charge is 2.59. The summed E-state index contributed by atoms with van der Waals surface area (Å²) in [5.41, 5.74) is -0.949. The Balaban J connectivity index is 1.16. The van der Waals surface area contributed by atoms with Crippen molar-refractivity contribution in [3.8, 4) is 0 Å². The molecule has 1 saturated heterocycles. The molecule has 188 valence electrons. The minimum absolute atomic E-state index is 0.0632. The molecule has 0 aromatic rings. The number of halogens is 3. The topological polar surface area (TPSA) is 40.6 Å². The van der Waals surface area contributed by atoms with Crippen LogP contribution in [-0.4, -0.2) is 47.5 Å². The van der Waals surface area contributed by atoms with E-state index in [9.17, 15) is 22.8 Å². The second-order valence-electron chi connectivity index (χ2n) is 13.8. The van der Waals surface area contributed by atoms with Crippen LogP contribution in [-0.2, 0) is 9.59 Å². The van der Waals surface area contributed by atoms with Crippen LogP contribution in [0.25, 0.3) is 0 Å². The first-order valence-electron chi connectivity index (χ1n) is 13.8. The Bertz CT molecular complexity index is 764. The zero-order valence-electron chi connectivity index (χ0n) is 20.0. The zero-order chi connectivity index (χ0) is 23.5. The molecular formula is C27H37F3N2O2. The molecule has 0 aromatic carbocycles. The van der Waals surface area contributed by atoms with E-state index in [2.05, 4.69) is 0 Å². The van der Waals surface area contributed by atoms with E-state index in [1.54, 1.807) is 0 Å². The predicted molar refractivity (Wildman–Crippen MR) is 119 cm³/mol. The summed E-state index contributed by atoms with van der Waals surface area (Å²) >= 11 is 0.